The van der Waals surface area contributed by atoms with Gasteiger partial charge in [-0.05, 0) is 19.4 Å². The summed E-state index contributed by atoms with van der Waals surface area (Å²) in [5.41, 5.74) is 0. The third-order valence-electron chi connectivity index (χ3n) is 2.50. The van der Waals surface area contributed by atoms with Gasteiger partial charge < -0.3 is 10.2 Å². The van der Waals surface area contributed by atoms with Crippen LogP contribution < -0.4 is 0 Å². The molecule has 1 fully saturated rings. The Morgan fingerprint density at radius 2 is 2.07 bits per heavy atom. The summed E-state index contributed by atoms with van der Waals surface area (Å²) in [4.78, 5) is 1.48. The molecule has 0 aliphatic carbocycles. The lowest BCUT2D eigenvalue weighted by molar-refractivity contribution is -0.208. The molecule has 0 aromatic heterocycles. The summed E-state index contributed by atoms with van der Waals surface area (Å²) in [6, 6.07) is -0.230. The third-order valence-corrected chi connectivity index (χ3v) is 2.50. The number of alkyl halides is 3. The van der Waals surface area contributed by atoms with Crippen LogP contribution in [0.4, 0.5) is 13.2 Å². The van der Waals surface area contributed by atoms with Gasteiger partial charge in [-0.25, -0.2) is 0 Å². The Morgan fingerprint density at radius 1 is 1.43 bits per heavy atom. The molecule has 84 valence electrons. The van der Waals surface area contributed by atoms with E-state index in [1.807, 2.05) is 0 Å². The topological polar surface area (TPSA) is 43.7 Å². The van der Waals surface area contributed by atoms with Crippen LogP contribution in [0.15, 0.2) is 0 Å². The van der Waals surface area contributed by atoms with Crippen molar-refractivity contribution in [3.05, 3.63) is 0 Å². The van der Waals surface area contributed by atoms with E-state index in [9.17, 15) is 13.2 Å². The predicted molar refractivity (Wildman–Crippen MR) is 43.7 cm³/mol. The van der Waals surface area contributed by atoms with E-state index in [-0.39, 0.29) is 12.6 Å². The van der Waals surface area contributed by atoms with Crippen molar-refractivity contribution in [1.82, 2.24) is 4.90 Å². The highest BCUT2D eigenvalue weighted by molar-refractivity contribution is 4.82. The molecule has 2 atom stereocenters. The van der Waals surface area contributed by atoms with Crippen LogP contribution in [0.3, 0.4) is 0 Å². The van der Waals surface area contributed by atoms with Gasteiger partial charge in [0.2, 0.25) is 0 Å². The van der Waals surface area contributed by atoms with E-state index in [0.717, 1.165) is 6.42 Å². The zero-order valence-corrected chi connectivity index (χ0v) is 7.67. The van der Waals surface area contributed by atoms with Gasteiger partial charge in [0, 0.05) is 12.6 Å². The van der Waals surface area contributed by atoms with Crippen molar-refractivity contribution >= 4 is 0 Å². The van der Waals surface area contributed by atoms with Gasteiger partial charge in [0.1, 0.15) is 0 Å². The number of nitrogens with zero attached hydrogens (tertiary/aromatic N) is 1. The predicted octanol–water partition coefficient (Wildman–Crippen LogP) is 0.366. The number of β-amino-alcohol motifs (C(OH)–C–C–N with tert-alkyl or cyclic N) is 1. The van der Waals surface area contributed by atoms with Crippen molar-refractivity contribution in [3.8, 4) is 0 Å². The molecular formula is C8H14F3NO2. The van der Waals surface area contributed by atoms with E-state index >= 15 is 0 Å². The molecule has 1 aliphatic heterocycles. The molecule has 0 spiro atoms. The van der Waals surface area contributed by atoms with Crippen LogP contribution in [-0.2, 0) is 0 Å². The first-order chi connectivity index (χ1) is 6.45. The van der Waals surface area contributed by atoms with E-state index in [2.05, 4.69) is 0 Å². The Kier molecular flexibility index (Phi) is 3.74. The zero-order valence-electron chi connectivity index (χ0n) is 7.67. The monoisotopic (exact) mass is 213 g/mol. The van der Waals surface area contributed by atoms with E-state index in [4.69, 9.17) is 10.2 Å². The number of likely N-dealkylation sites (tertiary alicyclic amines) is 1. The molecule has 3 nitrogen and oxygen atoms in total. The van der Waals surface area contributed by atoms with Gasteiger partial charge in [-0.1, -0.05) is 0 Å². The van der Waals surface area contributed by atoms with Gasteiger partial charge in [-0.15, -0.1) is 0 Å². The Morgan fingerprint density at radius 3 is 2.57 bits per heavy atom. The summed E-state index contributed by atoms with van der Waals surface area (Å²) in [7, 11) is 0. The lowest BCUT2D eigenvalue weighted by Gasteiger charge is -2.26. The molecule has 6 heteroatoms. The number of aliphatic hydroxyl groups excluding tert-OH is 2. The van der Waals surface area contributed by atoms with Crippen molar-refractivity contribution in [2.75, 3.05) is 19.7 Å². The zero-order chi connectivity index (χ0) is 10.8. The molecule has 0 aromatic rings. The molecule has 1 saturated heterocycles. The Bertz CT molecular complexity index is 186. The van der Waals surface area contributed by atoms with E-state index in [1.54, 1.807) is 0 Å². The van der Waals surface area contributed by atoms with Crippen LogP contribution in [0.2, 0.25) is 0 Å². The maximum Gasteiger partial charge on any atom is 0.415 e. The average molecular weight is 213 g/mol. The van der Waals surface area contributed by atoms with Gasteiger partial charge in [-0.3, -0.25) is 4.90 Å². The van der Waals surface area contributed by atoms with Crippen LogP contribution in [-0.4, -0.2) is 53.1 Å². The number of rotatable bonds is 3. The first-order valence-corrected chi connectivity index (χ1v) is 4.55. The molecular weight excluding hydrogens is 199 g/mol. The normalized spacial score (nSPS) is 26.8. The van der Waals surface area contributed by atoms with Crippen molar-refractivity contribution in [3.63, 3.8) is 0 Å². The van der Waals surface area contributed by atoms with Gasteiger partial charge >= 0.3 is 6.18 Å². The molecule has 0 saturated carbocycles. The smallest absolute Gasteiger partial charge is 0.395 e. The molecule has 1 rings (SSSR count). The van der Waals surface area contributed by atoms with Crippen LogP contribution >= 0.6 is 0 Å². The summed E-state index contributed by atoms with van der Waals surface area (Å²) in [5, 5.41) is 17.7. The fraction of sp³-hybridized carbons (Fsp3) is 1.00. The molecule has 0 bridgehead atoms. The third kappa shape index (κ3) is 2.83. The molecule has 0 aromatic carbocycles. The molecule has 2 unspecified atom stereocenters. The van der Waals surface area contributed by atoms with Gasteiger partial charge in [0.05, 0.1) is 6.61 Å². The SMILES string of the molecule is OCC1CCCN1CC(O)C(F)(F)F. The van der Waals surface area contributed by atoms with Gasteiger partial charge in [-0.2, -0.15) is 13.2 Å². The van der Waals surface area contributed by atoms with Crippen molar-refractivity contribution in [2.24, 2.45) is 0 Å². The lowest BCUT2D eigenvalue weighted by Crippen LogP contribution is -2.43. The van der Waals surface area contributed by atoms with Crippen LogP contribution in [0.5, 0.6) is 0 Å². The second-order valence-electron chi connectivity index (χ2n) is 3.53. The summed E-state index contributed by atoms with van der Waals surface area (Å²) in [6.45, 7) is -0.0718. The number of aliphatic hydroxyl groups is 2. The van der Waals surface area contributed by atoms with Crippen LogP contribution in [0.25, 0.3) is 0 Å². The molecule has 0 radical (unpaired) electrons. The number of halogens is 3. The number of hydrogen-bond acceptors (Lipinski definition) is 3. The highest BCUT2D eigenvalue weighted by atomic mass is 19.4. The van der Waals surface area contributed by atoms with Crippen molar-refractivity contribution in [1.29, 1.82) is 0 Å². The Balaban J connectivity index is 2.43. The maximum absolute atomic E-state index is 12.0. The molecule has 1 heterocycles. The minimum atomic E-state index is -4.57. The second kappa shape index (κ2) is 4.46. The quantitative estimate of drug-likeness (QED) is 0.711. The van der Waals surface area contributed by atoms with E-state index in [1.165, 1.54) is 4.90 Å². The van der Waals surface area contributed by atoms with Gasteiger partial charge in [0.15, 0.2) is 6.10 Å². The van der Waals surface area contributed by atoms with Crippen LogP contribution in [0.1, 0.15) is 12.8 Å². The van der Waals surface area contributed by atoms with Crippen LogP contribution in [0, 0.1) is 0 Å². The van der Waals surface area contributed by atoms with Gasteiger partial charge in [0.25, 0.3) is 0 Å². The fourth-order valence-electron chi connectivity index (χ4n) is 1.67. The molecule has 2 N–H and O–H groups in total. The average Bonchev–Trinajstić information content (AvgIpc) is 2.50. The fourth-order valence-corrected chi connectivity index (χ4v) is 1.67. The molecule has 0 amide bonds. The maximum atomic E-state index is 12.0. The molecule has 14 heavy (non-hydrogen) atoms. The minimum Gasteiger partial charge on any atom is -0.395 e. The standard InChI is InChI=1S/C8H14F3NO2/c9-8(10,11)7(14)4-12-3-1-2-6(12)5-13/h6-7,13-14H,1-5H2. The first-order valence-electron chi connectivity index (χ1n) is 4.55. The number of hydrogen-bond donors (Lipinski definition) is 2. The summed E-state index contributed by atoms with van der Waals surface area (Å²) in [5.74, 6) is 0. The van der Waals surface area contributed by atoms with Crippen molar-refractivity contribution in [2.45, 2.75) is 31.2 Å². The Hall–Kier alpha value is -0.330. The summed E-state index contributed by atoms with van der Waals surface area (Å²) in [6.07, 6.45) is -5.41. The van der Waals surface area contributed by atoms with E-state index < -0.39 is 18.8 Å². The summed E-state index contributed by atoms with van der Waals surface area (Å²) < 4.78 is 36.0. The highest BCUT2D eigenvalue weighted by Gasteiger charge is 2.40. The van der Waals surface area contributed by atoms with Crippen molar-refractivity contribution < 1.29 is 23.4 Å². The van der Waals surface area contributed by atoms with E-state index in [0.29, 0.717) is 13.0 Å². The summed E-state index contributed by atoms with van der Waals surface area (Å²) >= 11 is 0. The lowest BCUT2D eigenvalue weighted by atomic mass is 10.2. The second-order valence-corrected chi connectivity index (χ2v) is 3.53. The molecule has 1 aliphatic rings. The first kappa shape index (κ1) is 11.7. The highest BCUT2D eigenvalue weighted by Crippen LogP contribution is 2.24. The largest absolute Gasteiger partial charge is 0.415 e. The Labute approximate surface area is 80.1 Å². The minimum absolute atomic E-state index is 0.148.